The monoisotopic (exact) mass is 450 g/mol. The van der Waals surface area contributed by atoms with E-state index in [2.05, 4.69) is 16.0 Å². The topological polar surface area (TPSA) is 80.3 Å². The second-order valence-electron chi connectivity index (χ2n) is 7.54. The molecule has 0 fully saturated rings. The van der Waals surface area contributed by atoms with Gasteiger partial charge in [-0.1, -0.05) is 36.4 Å². The summed E-state index contributed by atoms with van der Waals surface area (Å²) < 4.78 is 8.57. The smallest absolute Gasteiger partial charge is 0.269 e. The van der Waals surface area contributed by atoms with E-state index in [-0.39, 0.29) is 22.6 Å². The van der Waals surface area contributed by atoms with E-state index < -0.39 is 0 Å². The van der Waals surface area contributed by atoms with Gasteiger partial charge in [0, 0.05) is 6.20 Å². The maximum atomic E-state index is 13.5. The number of aryl methyl sites for hydroxylation is 2. The number of allylic oxidation sites excluding steroid dienone is 1. The van der Waals surface area contributed by atoms with E-state index in [4.69, 9.17) is 4.74 Å². The fourth-order valence-corrected chi connectivity index (χ4v) is 4.47. The average molecular weight is 451 g/mol. The molecule has 3 heterocycles. The Bertz CT molecular complexity index is 1620. The first-order chi connectivity index (χ1) is 16.0. The maximum Gasteiger partial charge on any atom is 0.269 e. The van der Waals surface area contributed by atoms with Gasteiger partial charge >= 0.3 is 0 Å². The van der Waals surface area contributed by atoms with Crippen LogP contribution in [0.3, 0.4) is 0 Å². The molecule has 0 unspecified atom stereocenters. The summed E-state index contributed by atoms with van der Waals surface area (Å²) in [6.45, 7) is 3.81. The van der Waals surface area contributed by atoms with Gasteiger partial charge in [0.15, 0.2) is 0 Å². The zero-order valence-electron chi connectivity index (χ0n) is 17.9. The molecule has 0 atom stereocenters. The van der Waals surface area contributed by atoms with Crippen LogP contribution < -0.4 is 10.3 Å². The van der Waals surface area contributed by atoms with E-state index >= 15 is 0 Å². The first-order valence-corrected chi connectivity index (χ1v) is 11.1. The Morgan fingerprint density at radius 3 is 2.58 bits per heavy atom. The molecular weight excluding hydrogens is 432 g/mol. The number of aromatic nitrogens is 3. The molecule has 0 amide bonds. The molecular formula is C26H18N4O2S. The number of para-hydroxylation sites is 2. The van der Waals surface area contributed by atoms with Crippen LogP contribution in [0, 0.1) is 25.2 Å². The summed E-state index contributed by atoms with van der Waals surface area (Å²) in [5.74, 6) is 0.743. The molecule has 2 aromatic carbocycles. The second kappa shape index (κ2) is 8.34. The molecule has 160 valence electrons. The predicted octanol–water partition coefficient (Wildman–Crippen LogP) is 5.78. The van der Waals surface area contributed by atoms with E-state index in [0.717, 1.165) is 21.3 Å². The van der Waals surface area contributed by atoms with Gasteiger partial charge in [0.05, 0.1) is 15.8 Å². The zero-order valence-corrected chi connectivity index (χ0v) is 18.8. The Labute approximate surface area is 193 Å². The van der Waals surface area contributed by atoms with Crippen molar-refractivity contribution in [1.82, 2.24) is 14.4 Å². The summed E-state index contributed by atoms with van der Waals surface area (Å²) in [7, 11) is 0. The number of thiazole rings is 1. The van der Waals surface area contributed by atoms with Gasteiger partial charge in [-0.2, -0.15) is 10.2 Å². The van der Waals surface area contributed by atoms with Crippen LogP contribution in [0.25, 0.3) is 27.5 Å². The van der Waals surface area contributed by atoms with Crippen LogP contribution in [0.5, 0.6) is 11.6 Å². The predicted molar refractivity (Wildman–Crippen MR) is 131 cm³/mol. The lowest BCUT2D eigenvalue weighted by Crippen LogP contribution is -2.19. The lowest BCUT2D eigenvalue weighted by Gasteiger charge is -2.12. The lowest BCUT2D eigenvalue weighted by atomic mass is 10.2. The van der Waals surface area contributed by atoms with Crippen LogP contribution in [0.1, 0.15) is 21.7 Å². The number of pyridine rings is 1. The van der Waals surface area contributed by atoms with Gasteiger partial charge in [0.1, 0.15) is 28.0 Å². The number of ether oxygens (including phenoxy) is 1. The number of nitriles is 1. The van der Waals surface area contributed by atoms with Crippen LogP contribution in [-0.4, -0.2) is 14.4 Å². The molecule has 6 nitrogen and oxygen atoms in total. The molecule has 5 rings (SSSR count). The SMILES string of the molecule is Cc1ccccc1Oc1nc2c(C)cccn2c(=O)c1C=C(C#N)c1nc2ccccc2s1. The van der Waals surface area contributed by atoms with Crippen molar-refractivity contribution in [1.29, 1.82) is 5.26 Å². The molecule has 0 aliphatic heterocycles. The maximum absolute atomic E-state index is 13.5. The highest BCUT2D eigenvalue weighted by Gasteiger charge is 2.18. The molecule has 0 radical (unpaired) electrons. The van der Waals surface area contributed by atoms with E-state index in [1.807, 2.05) is 68.4 Å². The molecule has 0 N–H and O–H groups in total. The second-order valence-corrected chi connectivity index (χ2v) is 8.58. The first-order valence-electron chi connectivity index (χ1n) is 10.3. The van der Waals surface area contributed by atoms with Crippen molar-refractivity contribution in [3.63, 3.8) is 0 Å². The number of fused-ring (bicyclic) bond motifs is 2. The first kappa shape index (κ1) is 20.6. The third kappa shape index (κ3) is 3.77. The average Bonchev–Trinajstić information content (AvgIpc) is 3.25. The fourth-order valence-electron chi connectivity index (χ4n) is 3.54. The lowest BCUT2D eigenvalue weighted by molar-refractivity contribution is 0.457. The zero-order chi connectivity index (χ0) is 22.9. The summed E-state index contributed by atoms with van der Waals surface area (Å²) >= 11 is 1.40. The Balaban J connectivity index is 1.74. The van der Waals surface area contributed by atoms with Crippen molar-refractivity contribution in [2.75, 3.05) is 0 Å². The minimum atomic E-state index is -0.318. The van der Waals surface area contributed by atoms with Crippen molar-refractivity contribution >= 4 is 38.8 Å². The van der Waals surface area contributed by atoms with Gasteiger partial charge < -0.3 is 4.74 Å². The van der Waals surface area contributed by atoms with E-state index in [0.29, 0.717) is 16.4 Å². The van der Waals surface area contributed by atoms with Crippen LogP contribution in [0.4, 0.5) is 0 Å². The molecule has 0 saturated heterocycles. The Morgan fingerprint density at radius 2 is 1.79 bits per heavy atom. The fraction of sp³-hybridized carbons (Fsp3) is 0.0769. The van der Waals surface area contributed by atoms with Crippen molar-refractivity contribution in [2.45, 2.75) is 13.8 Å². The van der Waals surface area contributed by atoms with E-state index in [1.165, 1.54) is 21.8 Å². The van der Waals surface area contributed by atoms with Crippen LogP contribution in [0.15, 0.2) is 71.7 Å². The molecule has 0 saturated carbocycles. The third-order valence-electron chi connectivity index (χ3n) is 5.28. The van der Waals surface area contributed by atoms with Crippen molar-refractivity contribution < 1.29 is 4.74 Å². The number of hydrogen-bond donors (Lipinski definition) is 0. The number of hydrogen-bond acceptors (Lipinski definition) is 6. The summed E-state index contributed by atoms with van der Waals surface area (Å²) in [6, 6.07) is 21.1. The highest BCUT2D eigenvalue weighted by molar-refractivity contribution is 7.19. The minimum Gasteiger partial charge on any atom is -0.438 e. The van der Waals surface area contributed by atoms with Gasteiger partial charge in [-0.05, 0) is 55.3 Å². The van der Waals surface area contributed by atoms with Crippen LogP contribution in [-0.2, 0) is 0 Å². The van der Waals surface area contributed by atoms with Gasteiger partial charge in [-0.25, -0.2) is 4.98 Å². The van der Waals surface area contributed by atoms with Crippen molar-refractivity contribution in [3.8, 4) is 17.7 Å². The Morgan fingerprint density at radius 1 is 1.03 bits per heavy atom. The standard InChI is InChI=1S/C26H18N4O2S/c1-16-8-3-5-11-21(16)32-24-19(26(31)30-13-7-9-17(2)23(30)29-24)14-18(15-27)25-28-20-10-4-6-12-22(20)33-25/h3-14H,1-2H3. The number of nitrogens with zero attached hydrogens (tertiary/aromatic N) is 4. The van der Waals surface area contributed by atoms with Gasteiger partial charge in [0.2, 0.25) is 5.88 Å². The molecule has 0 aliphatic carbocycles. The van der Waals surface area contributed by atoms with Crippen molar-refractivity contribution in [3.05, 3.63) is 98.9 Å². The van der Waals surface area contributed by atoms with Gasteiger partial charge in [0.25, 0.3) is 5.56 Å². The van der Waals surface area contributed by atoms with Crippen LogP contribution >= 0.6 is 11.3 Å². The third-order valence-corrected chi connectivity index (χ3v) is 6.35. The Kier molecular flexibility index (Phi) is 5.21. The highest BCUT2D eigenvalue weighted by atomic mass is 32.1. The minimum absolute atomic E-state index is 0.150. The molecule has 3 aromatic heterocycles. The molecule has 7 heteroatoms. The van der Waals surface area contributed by atoms with Crippen molar-refractivity contribution in [2.24, 2.45) is 0 Å². The molecule has 0 aliphatic rings. The Hall–Kier alpha value is -4.28. The summed E-state index contributed by atoms with van der Waals surface area (Å²) in [6.07, 6.45) is 3.19. The van der Waals surface area contributed by atoms with Gasteiger partial charge in [-0.3, -0.25) is 9.20 Å². The normalized spacial score (nSPS) is 11.6. The van der Waals surface area contributed by atoms with Crippen LogP contribution in [0.2, 0.25) is 0 Å². The summed E-state index contributed by atoms with van der Waals surface area (Å²) in [5, 5.41) is 10.5. The molecule has 5 aromatic rings. The molecule has 0 spiro atoms. The van der Waals surface area contributed by atoms with Gasteiger partial charge in [-0.15, -0.1) is 11.3 Å². The van der Waals surface area contributed by atoms with E-state index in [9.17, 15) is 10.1 Å². The number of rotatable bonds is 4. The molecule has 0 bridgehead atoms. The summed E-state index contributed by atoms with van der Waals surface area (Å²) in [5.41, 5.74) is 3.20. The molecule has 33 heavy (non-hydrogen) atoms. The summed E-state index contributed by atoms with van der Waals surface area (Å²) in [4.78, 5) is 22.7. The van der Waals surface area contributed by atoms with E-state index in [1.54, 1.807) is 12.3 Å². The quantitative estimate of drug-likeness (QED) is 0.324. The largest absolute Gasteiger partial charge is 0.438 e. The highest BCUT2D eigenvalue weighted by Crippen LogP contribution is 2.31. The number of benzene rings is 2.